The third-order valence-corrected chi connectivity index (χ3v) is 5.94. The molecule has 2 rings (SSSR count). The normalized spacial score (nSPS) is 11.5. The van der Waals surface area contributed by atoms with Crippen LogP contribution in [0.15, 0.2) is 34.8 Å². The van der Waals surface area contributed by atoms with Crippen LogP contribution in [-0.4, -0.2) is 31.0 Å². The number of carboxylic acid groups (broad SMARTS) is 1. The second kappa shape index (κ2) is 6.33. The number of pyridine rings is 1. The van der Waals surface area contributed by atoms with E-state index in [0.717, 1.165) is 16.9 Å². The summed E-state index contributed by atoms with van der Waals surface area (Å²) in [6, 6.07) is 5.02. The number of aromatic carboxylic acids is 1. The minimum absolute atomic E-state index is 0.0172. The Morgan fingerprint density at radius 1 is 1.48 bits per heavy atom. The van der Waals surface area contributed by atoms with E-state index in [1.807, 2.05) is 6.07 Å². The highest BCUT2D eigenvalue weighted by Gasteiger charge is 2.21. The Bertz CT molecular complexity index is 739. The molecule has 2 aromatic heterocycles. The fraction of sp³-hybridized carbons (Fsp3) is 0.231. The second-order valence-corrected chi connectivity index (χ2v) is 7.44. The van der Waals surface area contributed by atoms with Gasteiger partial charge in [-0.3, -0.25) is 4.98 Å². The first-order chi connectivity index (χ1) is 9.90. The van der Waals surface area contributed by atoms with Crippen molar-refractivity contribution in [3.8, 4) is 0 Å². The van der Waals surface area contributed by atoms with Crippen molar-refractivity contribution in [2.75, 3.05) is 6.54 Å². The molecule has 2 heterocycles. The van der Waals surface area contributed by atoms with Crippen molar-refractivity contribution < 1.29 is 18.3 Å². The van der Waals surface area contributed by atoms with Crippen LogP contribution in [0.4, 0.5) is 0 Å². The standard InChI is InChI=1S/C13H14N2O4S2/c1-9-7-11(20-12(9)13(16)17)21(18,19)15-6-4-10-3-2-5-14-8-10/h2-3,5,7-8,15H,4,6H2,1H3,(H,16,17). The fourth-order valence-corrected chi connectivity index (χ4v) is 4.20. The van der Waals surface area contributed by atoms with Crippen LogP contribution < -0.4 is 4.72 Å². The number of thiophene rings is 1. The summed E-state index contributed by atoms with van der Waals surface area (Å²) in [6.07, 6.45) is 3.84. The molecule has 0 atom stereocenters. The van der Waals surface area contributed by atoms with Crippen molar-refractivity contribution in [1.82, 2.24) is 9.71 Å². The molecule has 112 valence electrons. The topological polar surface area (TPSA) is 96.4 Å². The fourth-order valence-electron chi connectivity index (χ4n) is 1.74. The van der Waals surface area contributed by atoms with Crippen molar-refractivity contribution in [2.45, 2.75) is 17.6 Å². The molecule has 2 N–H and O–H groups in total. The Morgan fingerprint density at radius 2 is 2.24 bits per heavy atom. The molecule has 0 spiro atoms. The largest absolute Gasteiger partial charge is 0.477 e. The minimum Gasteiger partial charge on any atom is -0.477 e. The lowest BCUT2D eigenvalue weighted by atomic mass is 10.2. The molecule has 0 saturated heterocycles. The van der Waals surface area contributed by atoms with Gasteiger partial charge in [-0.1, -0.05) is 6.07 Å². The van der Waals surface area contributed by atoms with Gasteiger partial charge in [0.25, 0.3) is 0 Å². The first-order valence-electron chi connectivity index (χ1n) is 6.12. The van der Waals surface area contributed by atoms with Crippen LogP contribution in [0.5, 0.6) is 0 Å². The lowest BCUT2D eigenvalue weighted by Crippen LogP contribution is -2.25. The first kappa shape index (κ1) is 15.6. The summed E-state index contributed by atoms with van der Waals surface area (Å²) >= 11 is 0.758. The molecule has 0 aliphatic heterocycles. The number of sulfonamides is 1. The van der Waals surface area contributed by atoms with Crippen LogP contribution in [-0.2, 0) is 16.4 Å². The molecule has 8 heteroatoms. The number of nitrogens with zero attached hydrogens (tertiary/aromatic N) is 1. The maximum Gasteiger partial charge on any atom is 0.346 e. The number of carbonyl (C=O) groups is 1. The van der Waals surface area contributed by atoms with E-state index in [1.165, 1.54) is 6.07 Å². The van der Waals surface area contributed by atoms with Crippen LogP contribution in [0.25, 0.3) is 0 Å². The summed E-state index contributed by atoms with van der Waals surface area (Å²) in [7, 11) is -3.68. The van der Waals surface area contributed by atoms with Crippen LogP contribution in [0.3, 0.4) is 0 Å². The number of carboxylic acids is 1. The molecule has 0 aliphatic carbocycles. The maximum absolute atomic E-state index is 12.1. The van der Waals surface area contributed by atoms with Gasteiger partial charge >= 0.3 is 5.97 Å². The summed E-state index contributed by atoms with van der Waals surface area (Å²) in [5.74, 6) is -1.12. The van der Waals surface area contributed by atoms with E-state index in [0.29, 0.717) is 12.0 Å². The van der Waals surface area contributed by atoms with Gasteiger partial charge in [-0.25, -0.2) is 17.9 Å². The minimum atomic E-state index is -3.68. The number of nitrogens with one attached hydrogen (secondary N) is 1. The van der Waals surface area contributed by atoms with Gasteiger partial charge in [0, 0.05) is 18.9 Å². The predicted octanol–water partition coefficient (Wildman–Crippen LogP) is 1.67. The van der Waals surface area contributed by atoms with E-state index in [2.05, 4.69) is 9.71 Å². The zero-order chi connectivity index (χ0) is 15.5. The number of aryl methyl sites for hydroxylation is 1. The summed E-state index contributed by atoms with van der Waals surface area (Å²) in [6.45, 7) is 1.81. The van der Waals surface area contributed by atoms with Crippen molar-refractivity contribution in [2.24, 2.45) is 0 Å². The maximum atomic E-state index is 12.1. The molecule has 2 aromatic rings. The van der Waals surface area contributed by atoms with Gasteiger partial charge in [-0.05, 0) is 36.6 Å². The molecule has 0 bridgehead atoms. The molecule has 21 heavy (non-hydrogen) atoms. The molecular weight excluding hydrogens is 312 g/mol. The predicted molar refractivity (Wildman–Crippen MR) is 79.1 cm³/mol. The van der Waals surface area contributed by atoms with Crippen molar-refractivity contribution in [3.05, 3.63) is 46.6 Å². The molecule has 0 unspecified atom stereocenters. The van der Waals surface area contributed by atoms with E-state index >= 15 is 0 Å². The SMILES string of the molecule is Cc1cc(S(=O)(=O)NCCc2cccnc2)sc1C(=O)O. The lowest BCUT2D eigenvalue weighted by molar-refractivity contribution is 0.0701. The van der Waals surface area contributed by atoms with Gasteiger partial charge in [-0.15, -0.1) is 11.3 Å². The Labute approximate surface area is 126 Å². The Balaban J connectivity index is 2.05. The summed E-state index contributed by atoms with van der Waals surface area (Å²) in [5, 5.41) is 8.96. The van der Waals surface area contributed by atoms with Crippen LogP contribution >= 0.6 is 11.3 Å². The van der Waals surface area contributed by atoms with Crippen molar-refractivity contribution >= 4 is 27.3 Å². The molecule has 0 fully saturated rings. The van der Waals surface area contributed by atoms with E-state index in [-0.39, 0.29) is 15.6 Å². The van der Waals surface area contributed by atoms with E-state index < -0.39 is 16.0 Å². The zero-order valence-corrected chi connectivity index (χ0v) is 12.9. The quantitative estimate of drug-likeness (QED) is 0.842. The first-order valence-corrected chi connectivity index (χ1v) is 8.42. The molecule has 0 aromatic carbocycles. The molecule has 0 saturated carbocycles. The van der Waals surface area contributed by atoms with Crippen molar-refractivity contribution in [3.63, 3.8) is 0 Å². The third-order valence-electron chi connectivity index (χ3n) is 2.78. The van der Waals surface area contributed by atoms with Gasteiger partial charge in [0.05, 0.1) is 0 Å². The lowest BCUT2D eigenvalue weighted by Gasteiger charge is -2.04. The van der Waals surface area contributed by atoms with Gasteiger partial charge in [0.1, 0.15) is 9.09 Å². The van der Waals surface area contributed by atoms with E-state index in [4.69, 9.17) is 5.11 Å². The molecule has 0 aliphatic rings. The third kappa shape index (κ3) is 3.87. The van der Waals surface area contributed by atoms with Crippen LogP contribution in [0.2, 0.25) is 0 Å². The molecular formula is C13H14N2O4S2. The van der Waals surface area contributed by atoms with Crippen LogP contribution in [0, 0.1) is 6.92 Å². The number of hydrogen-bond acceptors (Lipinski definition) is 5. The average Bonchev–Trinajstić information content (AvgIpc) is 2.83. The Hall–Kier alpha value is -1.77. The smallest absolute Gasteiger partial charge is 0.346 e. The number of aromatic nitrogens is 1. The zero-order valence-electron chi connectivity index (χ0n) is 11.2. The molecule has 0 radical (unpaired) electrons. The molecule has 6 nitrogen and oxygen atoms in total. The van der Waals surface area contributed by atoms with Gasteiger partial charge in [-0.2, -0.15) is 0 Å². The number of hydrogen-bond donors (Lipinski definition) is 2. The highest BCUT2D eigenvalue weighted by Crippen LogP contribution is 2.25. The Morgan fingerprint density at radius 3 is 2.81 bits per heavy atom. The highest BCUT2D eigenvalue weighted by atomic mass is 32.2. The van der Waals surface area contributed by atoms with Gasteiger partial charge in [0.15, 0.2) is 0 Å². The summed E-state index contributed by atoms with van der Waals surface area (Å²) in [4.78, 5) is 14.9. The van der Waals surface area contributed by atoms with E-state index in [1.54, 1.807) is 25.4 Å². The highest BCUT2D eigenvalue weighted by molar-refractivity contribution is 7.91. The van der Waals surface area contributed by atoms with Crippen molar-refractivity contribution in [1.29, 1.82) is 0 Å². The van der Waals surface area contributed by atoms with E-state index in [9.17, 15) is 13.2 Å². The van der Waals surface area contributed by atoms with Crippen LogP contribution in [0.1, 0.15) is 20.8 Å². The number of rotatable bonds is 6. The average molecular weight is 326 g/mol. The Kier molecular flexibility index (Phi) is 4.71. The second-order valence-electron chi connectivity index (χ2n) is 4.39. The monoisotopic (exact) mass is 326 g/mol. The summed E-state index contributed by atoms with van der Waals surface area (Å²) in [5.41, 5.74) is 1.37. The van der Waals surface area contributed by atoms with Gasteiger partial charge in [0.2, 0.25) is 10.0 Å². The molecule has 0 amide bonds. The van der Waals surface area contributed by atoms with Gasteiger partial charge < -0.3 is 5.11 Å². The summed E-state index contributed by atoms with van der Waals surface area (Å²) < 4.78 is 26.7.